The first kappa shape index (κ1) is 20.9. The van der Waals surface area contributed by atoms with Crippen LogP contribution in [0.5, 0.6) is 0 Å². The van der Waals surface area contributed by atoms with Gasteiger partial charge in [-0.05, 0) is 49.4 Å². The molecule has 0 aliphatic rings. The molecule has 0 aliphatic heterocycles. The summed E-state index contributed by atoms with van der Waals surface area (Å²) >= 11 is 0. The average molecular weight is 430 g/mol. The minimum Gasteiger partial charge on any atom is -0.441 e. The first-order chi connectivity index (χ1) is 15.5. The first-order valence-corrected chi connectivity index (χ1v) is 9.83. The molecule has 0 saturated carbocycles. The fourth-order valence-corrected chi connectivity index (χ4v) is 3.06. The normalized spacial score (nSPS) is 10.6. The van der Waals surface area contributed by atoms with Gasteiger partial charge in [0.1, 0.15) is 17.3 Å². The SMILES string of the molecule is Cc1oc(-c2ccccc2)nc1CC(=O)Nc1cc(F)ccc1NC(=O)c1ccccn1. The van der Waals surface area contributed by atoms with Gasteiger partial charge in [-0.25, -0.2) is 9.37 Å². The summed E-state index contributed by atoms with van der Waals surface area (Å²) in [7, 11) is 0. The number of halogens is 1. The quantitative estimate of drug-likeness (QED) is 0.465. The Kier molecular flexibility index (Phi) is 6.03. The number of nitrogens with one attached hydrogen (secondary N) is 2. The predicted octanol–water partition coefficient (Wildman–Crippen LogP) is 4.62. The largest absolute Gasteiger partial charge is 0.441 e. The Morgan fingerprint density at radius 1 is 0.969 bits per heavy atom. The second kappa shape index (κ2) is 9.22. The number of rotatable bonds is 6. The maximum atomic E-state index is 13.8. The molecule has 4 rings (SSSR count). The van der Waals surface area contributed by atoms with E-state index in [9.17, 15) is 14.0 Å². The van der Waals surface area contributed by atoms with Crippen molar-refractivity contribution in [3.05, 3.63) is 95.9 Å². The molecule has 7 nitrogen and oxygen atoms in total. The summed E-state index contributed by atoms with van der Waals surface area (Å²) in [6.07, 6.45) is 1.42. The van der Waals surface area contributed by atoms with Gasteiger partial charge in [0.2, 0.25) is 11.8 Å². The van der Waals surface area contributed by atoms with Crippen LogP contribution in [0.3, 0.4) is 0 Å². The van der Waals surface area contributed by atoms with Gasteiger partial charge in [-0.2, -0.15) is 0 Å². The molecule has 2 heterocycles. The van der Waals surface area contributed by atoms with Gasteiger partial charge in [-0.1, -0.05) is 24.3 Å². The number of aromatic nitrogens is 2. The fraction of sp³-hybridized carbons (Fsp3) is 0.0833. The van der Waals surface area contributed by atoms with E-state index in [0.717, 1.165) is 11.6 Å². The van der Waals surface area contributed by atoms with Gasteiger partial charge in [-0.15, -0.1) is 0 Å². The highest BCUT2D eigenvalue weighted by molar-refractivity contribution is 6.06. The monoisotopic (exact) mass is 430 g/mol. The molecule has 2 N–H and O–H groups in total. The molecule has 0 radical (unpaired) electrons. The predicted molar refractivity (Wildman–Crippen MR) is 118 cm³/mol. The summed E-state index contributed by atoms with van der Waals surface area (Å²) in [5, 5.41) is 5.28. The minimum absolute atomic E-state index is 0.0771. The summed E-state index contributed by atoms with van der Waals surface area (Å²) in [5.41, 5.74) is 1.84. The van der Waals surface area contributed by atoms with Crippen LogP contribution in [-0.4, -0.2) is 21.8 Å². The van der Waals surface area contributed by atoms with Gasteiger partial charge < -0.3 is 15.1 Å². The second-order valence-corrected chi connectivity index (χ2v) is 6.97. The summed E-state index contributed by atoms with van der Waals surface area (Å²) < 4.78 is 19.5. The van der Waals surface area contributed by atoms with Crippen molar-refractivity contribution in [3.63, 3.8) is 0 Å². The zero-order chi connectivity index (χ0) is 22.5. The number of nitrogens with zero attached hydrogens (tertiary/aromatic N) is 2. The van der Waals surface area contributed by atoms with Crippen molar-refractivity contribution in [3.8, 4) is 11.5 Å². The van der Waals surface area contributed by atoms with Crippen LogP contribution in [0.25, 0.3) is 11.5 Å². The molecule has 2 aromatic heterocycles. The van der Waals surface area contributed by atoms with Gasteiger partial charge in [0, 0.05) is 11.8 Å². The van der Waals surface area contributed by atoms with E-state index in [4.69, 9.17) is 4.42 Å². The third-order valence-corrected chi connectivity index (χ3v) is 4.64. The van der Waals surface area contributed by atoms with Crippen LogP contribution in [0.15, 0.2) is 77.3 Å². The van der Waals surface area contributed by atoms with E-state index in [1.807, 2.05) is 30.3 Å². The Hall–Kier alpha value is -4.33. The summed E-state index contributed by atoms with van der Waals surface area (Å²) in [6, 6.07) is 18.0. The molecule has 4 aromatic rings. The molecule has 32 heavy (non-hydrogen) atoms. The van der Waals surface area contributed by atoms with Crippen LogP contribution in [0.4, 0.5) is 15.8 Å². The van der Waals surface area contributed by atoms with Crippen LogP contribution in [0, 0.1) is 12.7 Å². The van der Waals surface area contributed by atoms with Crippen LogP contribution < -0.4 is 10.6 Å². The number of benzene rings is 2. The number of pyridine rings is 1. The molecule has 0 saturated heterocycles. The molecule has 2 amide bonds. The lowest BCUT2D eigenvalue weighted by Crippen LogP contribution is -2.19. The first-order valence-electron chi connectivity index (χ1n) is 9.83. The lowest BCUT2D eigenvalue weighted by Gasteiger charge is -2.12. The van der Waals surface area contributed by atoms with E-state index in [1.165, 1.54) is 18.3 Å². The lowest BCUT2D eigenvalue weighted by molar-refractivity contribution is -0.115. The maximum absolute atomic E-state index is 13.8. The number of aryl methyl sites for hydroxylation is 1. The van der Waals surface area contributed by atoms with E-state index in [-0.39, 0.29) is 23.5 Å². The van der Waals surface area contributed by atoms with Crippen molar-refractivity contribution >= 4 is 23.2 Å². The Balaban J connectivity index is 1.49. The van der Waals surface area contributed by atoms with Crippen molar-refractivity contribution in [2.45, 2.75) is 13.3 Å². The standard InChI is InChI=1S/C24H19FN4O3/c1-15-20(29-24(32-15)16-7-3-2-4-8-16)14-22(30)27-21-13-17(25)10-11-18(21)28-23(31)19-9-5-6-12-26-19/h2-13H,14H2,1H3,(H,27,30)(H,28,31). The number of anilines is 2. The van der Waals surface area contributed by atoms with Crippen molar-refractivity contribution in [1.29, 1.82) is 0 Å². The molecule has 8 heteroatoms. The second-order valence-electron chi connectivity index (χ2n) is 6.97. The van der Waals surface area contributed by atoms with Gasteiger partial charge in [0.25, 0.3) is 5.91 Å². The molecule has 2 aromatic carbocycles. The zero-order valence-corrected chi connectivity index (χ0v) is 17.1. The van der Waals surface area contributed by atoms with Crippen molar-refractivity contribution in [2.75, 3.05) is 10.6 Å². The molecular weight excluding hydrogens is 411 g/mol. The summed E-state index contributed by atoms with van der Waals surface area (Å²) in [5.74, 6) is -0.533. The zero-order valence-electron chi connectivity index (χ0n) is 17.1. The van der Waals surface area contributed by atoms with Gasteiger partial charge in [0.15, 0.2) is 0 Å². The number of carbonyl (C=O) groups is 2. The highest BCUT2D eigenvalue weighted by atomic mass is 19.1. The Morgan fingerprint density at radius 2 is 1.75 bits per heavy atom. The van der Waals surface area contributed by atoms with Crippen molar-refractivity contribution in [2.24, 2.45) is 0 Å². The Morgan fingerprint density at radius 3 is 2.50 bits per heavy atom. The van der Waals surface area contributed by atoms with E-state index < -0.39 is 17.6 Å². The number of carbonyl (C=O) groups excluding carboxylic acids is 2. The number of oxazole rings is 1. The minimum atomic E-state index is -0.555. The number of amides is 2. The average Bonchev–Trinajstić information content (AvgIpc) is 3.16. The van der Waals surface area contributed by atoms with Crippen LogP contribution >= 0.6 is 0 Å². The molecular formula is C24H19FN4O3. The van der Waals surface area contributed by atoms with Crippen LogP contribution in [0.1, 0.15) is 21.9 Å². The molecule has 0 spiro atoms. The number of hydrogen-bond acceptors (Lipinski definition) is 5. The van der Waals surface area contributed by atoms with E-state index in [0.29, 0.717) is 17.3 Å². The van der Waals surface area contributed by atoms with Gasteiger partial charge in [-0.3, -0.25) is 14.6 Å². The van der Waals surface area contributed by atoms with Crippen molar-refractivity contribution < 1.29 is 18.4 Å². The highest BCUT2D eigenvalue weighted by Crippen LogP contribution is 2.25. The molecule has 0 bridgehead atoms. The van der Waals surface area contributed by atoms with Crippen LogP contribution in [0.2, 0.25) is 0 Å². The van der Waals surface area contributed by atoms with E-state index >= 15 is 0 Å². The van der Waals surface area contributed by atoms with Crippen molar-refractivity contribution in [1.82, 2.24) is 9.97 Å². The number of hydrogen-bond donors (Lipinski definition) is 2. The Bertz CT molecular complexity index is 1260. The fourth-order valence-electron chi connectivity index (χ4n) is 3.06. The third kappa shape index (κ3) is 4.86. The van der Waals surface area contributed by atoms with Gasteiger partial charge >= 0.3 is 0 Å². The maximum Gasteiger partial charge on any atom is 0.274 e. The molecule has 0 unspecified atom stereocenters. The molecule has 0 aliphatic carbocycles. The van der Waals surface area contributed by atoms with E-state index in [2.05, 4.69) is 20.6 Å². The smallest absolute Gasteiger partial charge is 0.274 e. The topological polar surface area (TPSA) is 97.1 Å². The highest BCUT2D eigenvalue weighted by Gasteiger charge is 2.17. The molecule has 160 valence electrons. The summed E-state index contributed by atoms with van der Waals surface area (Å²) in [6.45, 7) is 1.72. The van der Waals surface area contributed by atoms with E-state index in [1.54, 1.807) is 25.1 Å². The van der Waals surface area contributed by atoms with Gasteiger partial charge in [0.05, 0.1) is 23.5 Å². The third-order valence-electron chi connectivity index (χ3n) is 4.64. The van der Waals surface area contributed by atoms with Crippen LogP contribution in [-0.2, 0) is 11.2 Å². The molecule has 0 atom stereocenters. The lowest BCUT2D eigenvalue weighted by atomic mass is 10.2. The Labute approximate surface area is 183 Å². The molecule has 0 fully saturated rings. The summed E-state index contributed by atoms with van der Waals surface area (Å²) in [4.78, 5) is 33.5.